The molecule has 0 saturated carbocycles. The first-order valence-electron chi connectivity index (χ1n) is 18.3. The van der Waals surface area contributed by atoms with Crippen molar-refractivity contribution in [3.8, 4) is 22.6 Å². The zero-order valence-corrected chi connectivity index (χ0v) is 29.7. The number of nitrogens with zero attached hydrogens (tertiary/aromatic N) is 2. The van der Waals surface area contributed by atoms with Gasteiger partial charge in [0.25, 0.3) is 0 Å². The van der Waals surface area contributed by atoms with Crippen LogP contribution in [0.4, 0.5) is 5.69 Å². The first-order valence-corrected chi connectivity index (χ1v) is 18.3. The number of ether oxygens (including phenoxy) is 2. The van der Waals surface area contributed by atoms with Crippen LogP contribution in [0.15, 0.2) is 133 Å². The second kappa shape index (κ2) is 12.5. The molecule has 4 heteroatoms. The summed E-state index contributed by atoms with van der Waals surface area (Å²) in [5, 5.41) is 2.43. The van der Waals surface area contributed by atoms with E-state index in [0.29, 0.717) is 0 Å². The molecule has 2 heterocycles. The van der Waals surface area contributed by atoms with Crippen LogP contribution in [0.5, 0.6) is 11.5 Å². The molecule has 4 nitrogen and oxygen atoms in total. The van der Waals surface area contributed by atoms with Crippen molar-refractivity contribution in [2.75, 3.05) is 45.7 Å². The summed E-state index contributed by atoms with van der Waals surface area (Å²) in [6.45, 7) is 3.23. The zero-order valence-electron chi connectivity index (χ0n) is 29.7. The fourth-order valence-corrected chi connectivity index (χ4v) is 9.05. The molecule has 0 aromatic heterocycles. The van der Waals surface area contributed by atoms with Crippen LogP contribution in [0, 0.1) is 0 Å². The largest absolute Gasteiger partial charge is 0.497 e. The lowest BCUT2D eigenvalue weighted by Crippen LogP contribution is -2.43. The van der Waals surface area contributed by atoms with E-state index in [1.165, 1.54) is 38.8 Å². The number of piperidine rings is 1. The number of benzene rings is 6. The first-order chi connectivity index (χ1) is 25.0. The average Bonchev–Trinajstić information content (AvgIpc) is 3.47. The van der Waals surface area contributed by atoms with Crippen molar-refractivity contribution in [3.63, 3.8) is 0 Å². The molecule has 254 valence electrons. The summed E-state index contributed by atoms with van der Waals surface area (Å²) in [6.07, 6.45) is 7.95. The summed E-state index contributed by atoms with van der Waals surface area (Å²) < 4.78 is 13.2. The van der Waals surface area contributed by atoms with E-state index in [1.54, 1.807) is 7.11 Å². The van der Waals surface area contributed by atoms with Crippen LogP contribution in [0.2, 0.25) is 0 Å². The first kappa shape index (κ1) is 31.6. The molecular weight excluding hydrogens is 625 g/mol. The molecule has 9 rings (SSSR count). The highest BCUT2D eigenvalue weighted by atomic mass is 16.5. The monoisotopic (exact) mass is 668 g/mol. The maximum Gasteiger partial charge on any atom is 0.178 e. The second-order valence-corrected chi connectivity index (χ2v) is 14.6. The maximum absolute atomic E-state index is 7.59. The lowest BCUT2D eigenvalue weighted by Gasteiger charge is -2.43. The van der Waals surface area contributed by atoms with Crippen molar-refractivity contribution in [3.05, 3.63) is 167 Å². The average molecular weight is 669 g/mol. The van der Waals surface area contributed by atoms with E-state index in [-0.39, 0.29) is 5.41 Å². The molecule has 51 heavy (non-hydrogen) atoms. The van der Waals surface area contributed by atoms with E-state index < -0.39 is 5.60 Å². The number of methoxy groups -OCH3 is 1. The molecule has 2 aliphatic heterocycles. The zero-order chi connectivity index (χ0) is 34.6. The molecule has 6 aromatic rings. The van der Waals surface area contributed by atoms with E-state index in [0.717, 1.165) is 72.6 Å². The Hall–Kier alpha value is -5.32. The van der Waals surface area contributed by atoms with Gasteiger partial charge in [-0.2, -0.15) is 0 Å². The van der Waals surface area contributed by atoms with Gasteiger partial charge >= 0.3 is 0 Å². The van der Waals surface area contributed by atoms with Crippen molar-refractivity contribution in [1.82, 2.24) is 4.90 Å². The maximum atomic E-state index is 7.59. The van der Waals surface area contributed by atoms with Crippen molar-refractivity contribution in [1.29, 1.82) is 0 Å². The van der Waals surface area contributed by atoms with Crippen LogP contribution in [-0.2, 0) is 17.4 Å². The lowest BCUT2D eigenvalue weighted by molar-refractivity contribution is 0.161. The Morgan fingerprint density at radius 1 is 0.725 bits per heavy atom. The van der Waals surface area contributed by atoms with Gasteiger partial charge in [0.2, 0.25) is 0 Å². The van der Waals surface area contributed by atoms with E-state index >= 15 is 0 Å². The Morgan fingerprint density at radius 3 is 2.08 bits per heavy atom. The molecule has 6 aromatic carbocycles. The quantitative estimate of drug-likeness (QED) is 0.169. The van der Waals surface area contributed by atoms with E-state index in [2.05, 4.69) is 151 Å². The predicted octanol–water partition coefficient (Wildman–Crippen LogP) is 9.87. The highest BCUT2D eigenvalue weighted by Gasteiger charge is 2.49. The van der Waals surface area contributed by atoms with E-state index in [4.69, 9.17) is 9.47 Å². The summed E-state index contributed by atoms with van der Waals surface area (Å²) in [7, 11) is 5.87. The molecule has 0 N–H and O–H groups in total. The van der Waals surface area contributed by atoms with Gasteiger partial charge in [0.05, 0.1) is 7.11 Å². The van der Waals surface area contributed by atoms with Gasteiger partial charge in [-0.15, -0.1) is 0 Å². The highest BCUT2D eigenvalue weighted by molar-refractivity contribution is 6.08. The van der Waals surface area contributed by atoms with Crippen molar-refractivity contribution in [2.24, 2.45) is 0 Å². The van der Waals surface area contributed by atoms with Gasteiger partial charge in [0.1, 0.15) is 11.5 Å². The second-order valence-electron chi connectivity index (χ2n) is 14.6. The van der Waals surface area contributed by atoms with Gasteiger partial charge in [0.15, 0.2) is 5.60 Å². The van der Waals surface area contributed by atoms with E-state index in [1.807, 2.05) is 12.1 Å². The summed E-state index contributed by atoms with van der Waals surface area (Å²) in [5.74, 6) is 1.80. The van der Waals surface area contributed by atoms with Crippen LogP contribution in [0.1, 0.15) is 46.2 Å². The van der Waals surface area contributed by atoms with Crippen LogP contribution in [-0.4, -0.2) is 45.7 Å². The molecule has 1 aliphatic carbocycles. The van der Waals surface area contributed by atoms with Crippen molar-refractivity contribution < 1.29 is 9.47 Å². The third kappa shape index (κ3) is 5.07. The summed E-state index contributed by atoms with van der Waals surface area (Å²) in [5.41, 5.74) is 10.7. The number of fused-ring (bicyclic) bond motifs is 10. The Morgan fingerprint density at radius 2 is 1.37 bits per heavy atom. The third-order valence-electron chi connectivity index (χ3n) is 11.7. The molecule has 1 atom stereocenters. The van der Waals surface area contributed by atoms with Gasteiger partial charge < -0.3 is 19.3 Å². The van der Waals surface area contributed by atoms with Gasteiger partial charge in [-0.05, 0) is 95.9 Å². The molecule has 0 radical (unpaired) electrons. The fraction of sp³-hybridized carbons (Fsp3) is 0.234. The Labute approximate surface area is 301 Å². The minimum absolute atomic E-state index is 0.0789. The standard InChI is InChI=1S/C47H44N2O2/c1-48(2)36-21-17-34(18-22-36)47(35-19-23-37(50-3)24-20-35)27-25-41-44-43(38-13-7-8-14-39(38)45(41)51-47)40-15-9-10-16-42(40)46(44)28-31-49(32-29-46)30-26-33-11-5-4-6-12-33/h4-25,27H,26,28-32H2,1-3H3. The smallest absolute Gasteiger partial charge is 0.178 e. The molecule has 1 fully saturated rings. The summed E-state index contributed by atoms with van der Waals surface area (Å²) >= 11 is 0. The number of rotatable bonds is 7. The molecule has 1 unspecified atom stereocenters. The minimum Gasteiger partial charge on any atom is -0.497 e. The topological polar surface area (TPSA) is 24.9 Å². The SMILES string of the molecule is COc1ccc(C2(c3ccc(N(C)C)cc3)C=Cc3c4c(c5ccccc5c3O2)-c2ccccc2C42CCN(CCc3ccccc3)CC2)cc1. The van der Waals surface area contributed by atoms with Crippen molar-refractivity contribution in [2.45, 2.75) is 30.3 Å². The van der Waals surface area contributed by atoms with Gasteiger partial charge in [-0.3, -0.25) is 0 Å². The Bertz CT molecular complexity index is 2250. The Kier molecular flexibility index (Phi) is 7.74. The van der Waals surface area contributed by atoms with Crippen LogP contribution >= 0.6 is 0 Å². The number of likely N-dealkylation sites (tertiary alicyclic amines) is 1. The molecule has 3 aliphatic rings. The van der Waals surface area contributed by atoms with Crippen LogP contribution in [0.25, 0.3) is 28.0 Å². The molecular formula is C47H44N2O2. The molecule has 0 amide bonds. The lowest BCUT2D eigenvalue weighted by atomic mass is 9.68. The normalized spacial score (nSPS) is 18.6. The highest BCUT2D eigenvalue weighted by Crippen LogP contribution is 2.61. The van der Waals surface area contributed by atoms with Crippen LogP contribution < -0.4 is 14.4 Å². The number of hydrogen-bond donors (Lipinski definition) is 0. The predicted molar refractivity (Wildman–Crippen MR) is 210 cm³/mol. The summed E-state index contributed by atoms with van der Waals surface area (Å²) in [6, 6.07) is 46.2. The molecule has 1 saturated heterocycles. The van der Waals surface area contributed by atoms with E-state index in [9.17, 15) is 0 Å². The fourth-order valence-electron chi connectivity index (χ4n) is 9.05. The molecule has 0 bridgehead atoms. The Balaban J connectivity index is 1.20. The van der Waals surface area contributed by atoms with Gasteiger partial charge in [0, 0.05) is 53.8 Å². The van der Waals surface area contributed by atoms with Crippen LogP contribution in [0.3, 0.4) is 0 Å². The van der Waals surface area contributed by atoms with Gasteiger partial charge in [-0.1, -0.05) is 109 Å². The summed E-state index contributed by atoms with van der Waals surface area (Å²) in [4.78, 5) is 4.81. The van der Waals surface area contributed by atoms with Gasteiger partial charge in [-0.25, -0.2) is 0 Å². The minimum atomic E-state index is -0.819. The number of anilines is 1. The number of hydrogen-bond acceptors (Lipinski definition) is 4. The third-order valence-corrected chi connectivity index (χ3v) is 11.7. The molecule has 1 spiro atoms. The van der Waals surface area contributed by atoms with Crippen molar-refractivity contribution >= 4 is 22.5 Å².